The van der Waals surface area contributed by atoms with Gasteiger partial charge in [0.25, 0.3) is 20.2 Å². The molecule has 0 atom stereocenters. The number of hydrogen-bond donors (Lipinski definition) is 2. The molecule has 2 aromatic rings. The van der Waals surface area contributed by atoms with Gasteiger partial charge in [0.05, 0.1) is 24.3 Å². The van der Waals surface area contributed by atoms with Gasteiger partial charge in [-0.05, 0) is 37.1 Å². The zero-order valence-corrected chi connectivity index (χ0v) is 26.1. The molecule has 0 saturated carbocycles. The zero-order chi connectivity index (χ0) is 31.4. The summed E-state index contributed by atoms with van der Waals surface area (Å²) in [7, 11) is -9.31. The summed E-state index contributed by atoms with van der Waals surface area (Å²) in [5, 5.41) is 0. The van der Waals surface area contributed by atoms with E-state index in [2.05, 4.69) is 13.8 Å². The van der Waals surface area contributed by atoms with Crippen molar-refractivity contribution in [2.24, 2.45) is 0 Å². The summed E-state index contributed by atoms with van der Waals surface area (Å²) in [6, 6.07) is 10.9. The largest absolute Gasteiger partial charge is 0.462 e. The molecule has 0 unspecified atom stereocenters. The normalized spacial score (nSPS) is 11.3. The van der Waals surface area contributed by atoms with Gasteiger partial charge >= 0.3 is 11.9 Å². The van der Waals surface area contributed by atoms with Crippen LogP contribution in [0.25, 0.3) is 0 Å². The number of ether oxygens (including phenoxy) is 2. The summed E-state index contributed by atoms with van der Waals surface area (Å²) in [4.78, 5) is 23.0. The number of carbonyl (C=O) groups is 2. The molecule has 0 heterocycles. The average molecular weight is 629 g/mol. The number of benzene rings is 2. The van der Waals surface area contributed by atoms with E-state index in [-0.39, 0.29) is 0 Å². The highest BCUT2D eigenvalue weighted by Gasteiger charge is 2.22. The van der Waals surface area contributed by atoms with E-state index in [1.54, 1.807) is 24.3 Å². The molecule has 0 aromatic heterocycles. The highest BCUT2D eigenvalue weighted by atomic mass is 32.2. The molecule has 0 aliphatic rings. The molecule has 0 aliphatic carbocycles. The number of rotatable bonds is 18. The molecule has 10 nitrogen and oxygen atoms in total. The van der Waals surface area contributed by atoms with Crippen LogP contribution in [0.15, 0.2) is 58.3 Å². The van der Waals surface area contributed by atoms with Crippen LogP contribution >= 0.6 is 0 Å². The van der Waals surface area contributed by atoms with Gasteiger partial charge in [0, 0.05) is 0 Å². The van der Waals surface area contributed by atoms with E-state index in [1.807, 2.05) is 0 Å². The van der Waals surface area contributed by atoms with Crippen molar-refractivity contribution in [1.29, 1.82) is 0 Å². The van der Waals surface area contributed by atoms with Crippen molar-refractivity contribution in [3.05, 3.63) is 59.7 Å². The quantitative estimate of drug-likeness (QED) is 0.101. The average Bonchev–Trinajstić information content (AvgIpc) is 2.95. The summed E-state index contributed by atoms with van der Waals surface area (Å²) in [5.41, 5.74) is 0.586. The maximum atomic E-state index is 12.4. The van der Waals surface area contributed by atoms with E-state index in [0.717, 1.165) is 37.8 Å². The molecule has 0 aliphatic heterocycles. The Morgan fingerprint density at radius 3 is 1.19 bits per heavy atom. The topological polar surface area (TPSA) is 161 Å². The van der Waals surface area contributed by atoms with Gasteiger partial charge in [0.15, 0.2) is 0 Å². The van der Waals surface area contributed by atoms with Gasteiger partial charge in [-0.3, -0.25) is 9.11 Å². The monoisotopic (exact) mass is 628 g/mol. The molecule has 0 radical (unpaired) electrons. The van der Waals surface area contributed by atoms with Crippen molar-refractivity contribution >= 4 is 32.2 Å². The Balaban J connectivity index is 0.000000525. The van der Waals surface area contributed by atoms with Crippen LogP contribution in [0, 0.1) is 0 Å². The Labute approximate surface area is 250 Å². The van der Waals surface area contributed by atoms with Crippen molar-refractivity contribution in [3.63, 3.8) is 0 Å². The highest BCUT2D eigenvalue weighted by Crippen LogP contribution is 2.19. The van der Waals surface area contributed by atoms with Crippen molar-refractivity contribution in [2.75, 3.05) is 13.2 Å². The summed E-state index contributed by atoms with van der Waals surface area (Å²) < 4.78 is 70.7. The number of unbranched alkanes of at least 4 members (excludes halogenated alkanes) is 10. The minimum absolute atomic E-state index is 0.293. The summed E-state index contributed by atoms with van der Waals surface area (Å²) in [6.45, 7) is 5.17. The molecule has 0 fully saturated rings. The van der Waals surface area contributed by atoms with Crippen LogP contribution in [0.3, 0.4) is 0 Å². The van der Waals surface area contributed by atoms with Crippen LogP contribution in [-0.2, 0) is 29.7 Å². The fourth-order valence-corrected chi connectivity index (χ4v) is 5.74. The lowest BCUT2D eigenvalue weighted by atomic mass is 10.1. The Bertz CT molecular complexity index is 1200. The lowest BCUT2D eigenvalue weighted by molar-refractivity contribution is 0.0450. The predicted molar refractivity (Wildman–Crippen MR) is 160 cm³/mol. The molecular weight excluding hydrogens is 584 g/mol. The Morgan fingerprint density at radius 2 is 0.857 bits per heavy atom. The zero-order valence-electron chi connectivity index (χ0n) is 24.5. The first kappa shape index (κ1) is 37.2. The molecule has 0 amide bonds. The van der Waals surface area contributed by atoms with Crippen molar-refractivity contribution < 1.29 is 45.0 Å². The first-order valence-electron chi connectivity index (χ1n) is 14.4. The number of hydrogen-bond acceptors (Lipinski definition) is 8. The van der Waals surface area contributed by atoms with Gasteiger partial charge in [0.1, 0.15) is 9.79 Å². The van der Waals surface area contributed by atoms with Crippen LogP contribution in [0.5, 0.6) is 0 Å². The SMILES string of the molecule is CCCCCCCCOC(=O)c1ccccc1C(=O)OCCCCCCCC.O=S(=O)(O)c1ccccc1S(=O)(=O)O. The second kappa shape index (κ2) is 20.2. The Morgan fingerprint density at radius 1 is 0.548 bits per heavy atom. The van der Waals surface area contributed by atoms with E-state index in [4.69, 9.17) is 18.6 Å². The van der Waals surface area contributed by atoms with Crippen LogP contribution < -0.4 is 0 Å². The highest BCUT2D eigenvalue weighted by molar-refractivity contribution is 7.89. The van der Waals surface area contributed by atoms with E-state index < -0.39 is 42.0 Å². The molecular formula is C30H44O10S2. The number of carbonyl (C=O) groups excluding carboxylic acids is 2. The summed E-state index contributed by atoms with van der Waals surface area (Å²) in [5.74, 6) is -0.888. The van der Waals surface area contributed by atoms with Gasteiger partial charge in [-0.15, -0.1) is 0 Å². The van der Waals surface area contributed by atoms with E-state index >= 15 is 0 Å². The van der Waals surface area contributed by atoms with Gasteiger partial charge in [-0.25, -0.2) is 9.59 Å². The predicted octanol–water partition coefficient (Wildman–Crippen LogP) is 6.90. The van der Waals surface area contributed by atoms with Crippen LogP contribution in [0.4, 0.5) is 0 Å². The third-order valence-electron chi connectivity index (χ3n) is 6.23. The van der Waals surface area contributed by atoms with Gasteiger partial charge in [-0.1, -0.05) is 102 Å². The minimum Gasteiger partial charge on any atom is -0.462 e. The second-order valence-corrected chi connectivity index (χ2v) is 12.5. The molecule has 2 aromatic carbocycles. The van der Waals surface area contributed by atoms with E-state index in [0.29, 0.717) is 24.3 Å². The van der Waals surface area contributed by atoms with Crippen LogP contribution in [-0.4, -0.2) is 51.1 Å². The molecule has 42 heavy (non-hydrogen) atoms. The molecule has 12 heteroatoms. The second-order valence-electron chi connectivity index (χ2n) is 9.75. The molecule has 2 N–H and O–H groups in total. The standard InChI is InChI=1S/C24H38O4.C6H6O6S2/c1-3-5-7-9-11-15-19-27-23(25)21-17-13-14-18-22(21)24(26)28-20-16-12-10-8-6-4-2;7-13(8,9)5-3-1-2-4-6(5)14(10,11)12/h13-14,17-18H,3-12,15-16,19-20H2,1-2H3;1-4H,(H,7,8,9)(H,10,11,12). The van der Waals surface area contributed by atoms with Crippen molar-refractivity contribution in [2.45, 2.75) is 101 Å². The summed E-state index contributed by atoms with van der Waals surface area (Å²) >= 11 is 0. The van der Waals surface area contributed by atoms with Crippen molar-refractivity contribution in [1.82, 2.24) is 0 Å². The molecule has 0 spiro atoms. The molecule has 236 valence electrons. The van der Waals surface area contributed by atoms with Crippen LogP contribution in [0.1, 0.15) is 112 Å². The molecule has 0 saturated heterocycles. The molecule has 0 bridgehead atoms. The van der Waals surface area contributed by atoms with Crippen molar-refractivity contribution in [3.8, 4) is 0 Å². The van der Waals surface area contributed by atoms with Gasteiger partial charge < -0.3 is 9.47 Å². The first-order valence-corrected chi connectivity index (χ1v) is 17.3. The minimum atomic E-state index is -4.66. The van der Waals surface area contributed by atoms with Gasteiger partial charge in [0.2, 0.25) is 0 Å². The fraction of sp³-hybridized carbons (Fsp3) is 0.533. The third-order valence-corrected chi connectivity index (χ3v) is 8.19. The maximum Gasteiger partial charge on any atom is 0.339 e. The lowest BCUT2D eigenvalue weighted by Gasteiger charge is -2.10. The van der Waals surface area contributed by atoms with E-state index in [9.17, 15) is 26.4 Å². The lowest BCUT2D eigenvalue weighted by Crippen LogP contribution is -2.15. The Kier molecular flexibility index (Phi) is 17.9. The fourth-order valence-electron chi connectivity index (χ4n) is 3.97. The van der Waals surface area contributed by atoms with Gasteiger partial charge in [-0.2, -0.15) is 16.8 Å². The smallest absolute Gasteiger partial charge is 0.339 e. The summed E-state index contributed by atoms with van der Waals surface area (Å²) in [6.07, 6.45) is 13.6. The maximum absolute atomic E-state index is 12.4. The first-order chi connectivity index (χ1) is 19.9. The van der Waals surface area contributed by atoms with E-state index in [1.165, 1.54) is 63.5 Å². The van der Waals surface area contributed by atoms with Crippen LogP contribution in [0.2, 0.25) is 0 Å². The number of esters is 2. The third kappa shape index (κ3) is 14.9. The molecule has 2 rings (SSSR count). The Hall–Kier alpha value is -2.80.